The van der Waals surface area contributed by atoms with Crippen LogP contribution in [0.1, 0.15) is 10.4 Å². The molecule has 0 aliphatic heterocycles. The summed E-state index contributed by atoms with van der Waals surface area (Å²) in [4.78, 5) is 12.0. The second-order valence-corrected chi connectivity index (χ2v) is 5.78. The van der Waals surface area contributed by atoms with Crippen LogP contribution in [0.4, 0.5) is 8.78 Å². The number of carbonyl (C=O) groups is 1. The average Bonchev–Trinajstić information content (AvgIpc) is 3.09. The van der Waals surface area contributed by atoms with Gasteiger partial charge in [0.1, 0.15) is 5.75 Å². The largest absolute Gasteiger partial charge is 0.435 e. The van der Waals surface area contributed by atoms with Crippen molar-refractivity contribution in [3.05, 3.63) is 60.2 Å². The summed E-state index contributed by atoms with van der Waals surface area (Å²) in [6, 6.07) is 14.8. The van der Waals surface area contributed by atoms with Gasteiger partial charge < -0.3 is 9.15 Å². The molecule has 0 aliphatic rings. The van der Waals surface area contributed by atoms with E-state index in [-0.39, 0.29) is 28.4 Å². The summed E-state index contributed by atoms with van der Waals surface area (Å²) >= 11 is 1.14. The summed E-state index contributed by atoms with van der Waals surface area (Å²) < 4.78 is 34.0. The molecule has 0 spiro atoms. The maximum Gasteiger partial charge on any atom is 0.387 e. The van der Waals surface area contributed by atoms with Crippen LogP contribution in [0.3, 0.4) is 0 Å². The first-order valence-electron chi connectivity index (χ1n) is 7.21. The van der Waals surface area contributed by atoms with Crippen molar-refractivity contribution in [1.82, 2.24) is 10.2 Å². The highest BCUT2D eigenvalue weighted by Crippen LogP contribution is 2.25. The highest BCUT2D eigenvalue weighted by molar-refractivity contribution is 7.99. The Bertz CT molecular complexity index is 839. The van der Waals surface area contributed by atoms with E-state index in [0.717, 1.165) is 11.8 Å². The van der Waals surface area contributed by atoms with Gasteiger partial charge in [0.25, 0.3) is 5.22 Å². The van der Waals surface area contributed by atoms with Crippen LogP contribution >= 0.6 is 11.8 Å². The first kappa shape index (κ1) is 17.1. The van der Waals surface area contributed by atoms with E-state index >= 15 is 0 Å². The van der Waals surface area contributed by atoms with Gasteiger partial charge in [-0.25, -0.2) is 0 Å². The first-order valence-corrected chi connectivity index (χ1v) is 8.20. The number of benzene rings is 2. The Kier molecular flexibility index (Phi) is 5.39. The number of alkyl halides is 2. The van der Waals surface area contributed by atoms with Crippen molar-refractivity contribution in [2.24, 2.45) is 0 Å². The molecule has 25 heavy (non-hydrogen) atoms. The molecule has 2 aromatic carbocycles. The summed E-state index contributed by atoms with van der Waals surface area (Å²) in [6.07, 6.45) is 0. The van der Waals surface area contributed by atoms with E-state index in [1.54, 1.807) is 24.3 Å². The Balaban J connectivity index is 1.61. The van der Waals surface area contributed by atoms with E-state index in [0.29, 0.717) is 11.1 Å². The number of Topliss-reactive ketones (excluding diaryl/α,β-unsaturated/α-hetero) is 1. The smallest absolute Gasteiger partial charge is 0.387 e. The van der Waals surface area contributed by atoms with Crippen molar-refractivity contribution < 1.29 is 22.7 Å². The van der Waals surface area contributed by atoms with Crippen LogP contribution in [0.25, 0.3) is 11.5 Å². The second kappa shape index (κ2) is 7.89. The third kappa shape index (κ3) is 4.63. The molecule has 0 unspecified atom stereocenters. The van der Waals surface area contributed by atoms with E-state index < -0.39 is 6.61 Å². The fourth-order valence-electron chi connectivity index (χ4n) is 2.00. The van der Waals surface area contributed by atoms with Gasteiger partial charge in [-0.2, -0.15) is 8.78 Å². The van der Waals surface area contributed by atoms with Gasteiger partial charge in [0.05, 0.1) is 5.75 Å². The number of nitrogens with zero attached hydrogens (tertiary/aromatic N) is 2. The van der Waals surface area contributed by atoms with Gasteiger partial charge in [-0.05, 0) is 24.3 Å². The van der Waals surface area contributed by atoms with Crippen LogP contribution in [0.15, 0.2) is 64.2 Å². The van der Waals surface area contributed by atoms with Crippen molar-refractivity contribution in [1.29, 1.82) is 0 Å². The normalized spacial score (nSPS) is 10.8. The summed E-state index contributed by atoms with van der Waals surface area (Å²) in [5.41, 5.74) is 1.18. The van der Waals surface area contributed by atoms with Crippen LogP contribution in [-0.4, -0.2) is 28.3 Å². The third-order valence-electron chi connectivity index (χ3n) is 3.16. The molecular formula is C17H12F2N2O3S. The Hall–Kier alpha value is -2.74. The molecule has 128 valence electrons. The Labute approximate surface area is 146 Å². The van der Waals surface area contributed by atoms with Gasteiger partial charge >= 0.3 is 6.61 Å². The number of rotatable bonds is 7. The average molecular weight is 362 g/mol. The molecule has 0 bridgehead atoms. The zero-order valence-electron chi connectivity index (χ0n) is 12.8. The first-order chi connectivity index (χ1) is 12.1. The molecule has 1 aromatic heterocycles. The number of halogens is 2. The zero-order valence-corrected chi connectivity index (χ0v) is 13.6. The third-order valence-corrected chi connectivity index (χ3v) is 3.97. The Morgan fingerprint density at radius 1 is 1.08 bits per heavy atom. The number of hydrogen-bond acceptors (Lipinski definition) is 6. The summed E-state index contributed by atoms with van der Waals surface area (Å²) in [7, 11) is 0. The van der Waals surface area contributed by atoms with E-state index in [4.69, 9.17) is 4.42 Å². The minimum atomic E-state index is -2.88. The van der Waals surface area contributed by atoms with Crippen molar-refractivity contribution >= 4 is 17.5 Å². The van der Waals surface area contributed by atoms with Crippen LogP contribution in [0.5, 0.6) is 5.75 Å². The summed E-state index contributed by atoms with van der Waals surface area (Å²) in [5, 5.41) is 8.02. The van der Waals surface area contributed by atoms with E-state index in [9.17, 15) is 13.6 Å². The van der Waals surface area contributed by atoms with Gasteiger partial charge in [0.15, 0.2) is 5.78 Å². The number of ether oxygens (including phenoxy) is 1. The molecule has 0 fully saturated rings. The molecule has 0 N–H and O–H groups in total. The monoisotopic (exact) mass is 362 g/mol. The molecule has 3 aromatic rings. The summed E-state index contributed by atoms with van der Waals surface area (Å²) in [5.74, 6) is 0.408. The molecule has 5 nitrogen and oxygen atoms in total. The highest BCUT2D eigenvalue weighted by Gasteiger charge is 2.13. The number of aromatic nitrogens is 2. The summed E-state index contributed by atoms with van der Waals surface area (Å²) in [6.45, 7) is -2.88. The van der Waals surface area contributed by atoms with E-state index in [2.05, 4.69) is 14.9 Å². The second-order valence-electron chi connectivity index (χ2n) is 4.85. The zero-order chi connectivity index (χ0) is 17.6. The molecular weight excluding hydrogens is 350 g/mol. The maximum absolute atomic E-state index is 12.1. The Morgan fingerprint density at radius 3 is 2.48 bits per heavy atom. The highest BCUT2D eigenvalue weighted by atomic mass is 32.2. The van der Waals surface area contributed by atoms with E-state index in [1.807, 2.05) is 6.07 Å². The lowest BCUT2D eigenvalue weighted by Gasteiger charge is -2.03. The topological polar surface area (TPSA) is 65.2 Å². The SMILES string of the molecule is O=C(CSc1nnc(-c2ccc(OC(F)F)cc2)o1)c1ccccc1. The van der Waals surface area contributed by atoms with Gasteiger partial charge in [0, 0.05) is 11.1 Å². The fourth-order valence-corrected chi connectivity index (χ4v) is 2.66. The number of carbonyl (C=O) groups excluding carboxylic acids is 1. The number of ketones is 1. The van der Waals surface area contributed by atoms with Crippen LogP contribution in [-0.2, 0) is 0 Å². The van der Waals surface area contributed by atoms with Crippen molar-refractivity contribution in [2.45, 2.75) is 11.8 Å². The van der Waals surface area contributed by atoms with Crippen LogP contribution in [0.2, 0.25) is 0 Å². The molecule has 0 amide bonds. The molecule has 0 saturated carbocycles. The van der Waals surface area contributed by atoms with Gasteiger partial charge in [-0.1, -0.05) is 42.1 Å². The molecule has 0 radical (unpaired) electrons. The van der Waals surface area contributed by atoms with Crippen molar-refractivity contribution in [3.63, 3.8) is 0 Å². The van der Waals surface area contributed by atoms with Gasteiger partial charge in [-0.15, -0.1) is 10.2 Å². The molecule has 8 heteroatoms. The van der Waals surface area contributed by atoms with Crippen molar-refractivity contribution in [3.8, 4) is 17.2 Å². The lowest BCUT2D eigenvalue weighted by atomic mass is 10.2. The lowest BCUT2D eigenvalue weighted by molar-refractivity contribution is -0.0498. The molecule has 0 aliphatic carbocycles. The molecule has 0 atom stereocenters. The minimum absolute atomic E-state index is 0.0427. The number of thioether (sulfide) groups is 1. The quantitative estimate of drug-likeness (QED) is 0.461. The standard InChI is InChI=1S/C17H12F2N2O3S/c18-16(19)23-13-8-6-12(7-9-13)15-20-21-17(24-15)25-10-14(22)11-4-2-1-3-5-11/h1-9,16H,10H2. The maximum atomic E-state index is 12.1. The molecule has 0 saturated heterocycles. The fraction of sp³-hybridized carbons (Fsp3) is 0.118. The predicted molar refractivity (Wildman–Crippen MR) is 87.9 cm³/mol. The minimum Gasteiger partial charge on any atom is -0.435 e. The predicted octanol–water partition coefficient (Wildman–Crippen LogP) is 4.31. The van der Waals surface area contributed by atoms with Gasteiger partial charge in [0.2, 0.25) is 5.89 Å². The van der Waals surface area contributed by atoms with Crippen LogP contribution < -0.4 is 4.74 Å². The van der Waals surface area contributed by atoms with E-state index in [1.165, 1.54) is 24.3 Å². The molecule has 3 rings (SSSR count). The molecule has 1 heterocycles. The van der Waals surface area contributed by atoms with Crippen LogP contribution in [0, 0.1) is 0 Å². The van der Waals surface area contributed by atoms with Gasteiger partial charge in [-0.3, -0.25) is 4.79 Å². The lowest BCUT2D eigenvalue weighted by Crippen LogP contribution is -2.01. The number of hydrogen-bond donors (Lipinski definition) is 0. The Morgan fingerprint density at radius 2 is 1.80 bits per heavy atom. The van der Waals surface area contributed by atoms with Crippen molar-refractivity contribution in [2.75, 3.05) is 5.75 Å².